The highest BCUT2D eigenvalue weighted by molar-refractivity contribution is 5.95. The molecule has 1 saturated heterocycles. The molecule has 228 valence electrons. The monoisotopic (exact) mass is 598 g/mol. The molecule has 4 aromatic rings. The van der Waals surface area contributed by atoms with Crippen LogP contribution in [0.1, 0.15) is 30.1 Å². The molecule has 5 rings (SSSR count). The largest absolute Gasteiger partial charge is 0.497 e. The molecule has 1 amide bonds. The summed E-state index contributed by atoms with van der Waals surface area (Å²) in [6.07, 6.45) is 2.89. The van der Waals surface area contributed by atoms with Crippen LogP contribution in [0.4, 0.5) is 11.4 Å². The van der Waals surface area contributed by atoms with Gasteiger partial charge in [-0.3, -0.25) is 14.4 Å². The molecule has 3 aromatic carbocycles. The third-order valence-corrected chi connectivity index (χ3v) is 7.26. The van der Waals surface area contributed by atoms with Crippen LogP contribution in [0.15, 0.2) is 83.8 Å². The summed E-state index contributed by atoms with van der Waals surface area (Å²) in [7, 11) is 3.12. The Balaban J connectivity index is 1.41. The van der Waals surface area contributed by atoms with Crippen LogP contribution in [0.2, 0.25) is 0 Å². The number of anilines is 2. The average molecular weight is 599 g/mol. The lowest BCUT2D eigenvalue weighted by atomic mass is 9.97. The van der Waals surface area contributed by atoms with Gasteiger partial charge in [0.25, 0.3) is 11.5 Å². The Bertz CT molecular complexity index is 1670. The quantitative estimate of drug-likeness (QED) is 0.246. The molecule has 11 nitrogen and oxygen atoms in total. The van der Waals surface area contributed by atoms with Crippen molar-refractivity contribution in [3.05, 3.63) is 94.9 Å². The number of benzene rings is 3. The number of aromatic nitrogens is 2. The van der Waals surface area contributed by atoms with E-state index in [4.69, 9.17) is 18.9 Å². The Morgan fingerprint density at radius 3 is 2.39 bits per heavy atom. The highest BCUT2D eigenvalue weighted by atomic mass is 16.5. The summed E-state index contributed by atoms with van der Waals surface area (Å²) in [6, 6.07) is 20.8. The molecule has 0 unspecified atom stereocenters. The maximum Gasteiger partial charge on any atom is 0.310 e. The number of nitrogens with zero attached hydrogens (tertiary/aromatic N) is 3. The molecule has 1 aliphatic rings. The SMILES string of the molecule is CCOC(=O)[C@@H]1CCCN(C(=O)c2ccc(Nc3c(Oc4cccc(OC)c4)cnn(-c4ccc(OC)cc4)c3=O)cc2)C1. The summed E-state index contributed by atoms with van der Waals surface area (Å²) in [5.74, 6) is 1.14. The van der Waals surface area contributed by atoms with Gasteiger partial charge in [-0.1, -0.05) is 6.07 Å². The minimum atomic E-state index is -0.450. The van der Waals surface area contributed by atoms with E-state index in [0.29, 0.717) is 60.3 Å². The molecule has 1 aliphatic heterocycles. The van der Waals surface area contributed by atoms with Crippen molar-refractivity contribution in [2.24, 2.45) is 5.92 Å². The summed E-state index contributed by atoms with van der Waals surface area (Å²) in [4.78, 5) is 41.0. The van der Waals surface area contributed by atoms with Gasteiger partial charge in [0.15, 0.2) is 11.4 Å². The summed E-state index contributed by atoms with van der Waals surface area (Å²) in [6.45, 7) is 2.98. The van der Waals surface area contributed by atoms with Crippen molar-refractivity contribution < 1.29 is 28.5 Å². The van der Waals surface area contributed by atoms with E-state index in [0.717, 1.165) is 6.42 Å². The van der Waals surface area contributed by atoms with Crippen molar-refractivity contribution in [2.75, 3.05) is 39.2 Å². The Kier molecular flexibility index (Phi) is 9.43. The molecular weight excluding hydrogens is 564 g/mol. The number of carbonyl (C=O) groups excluding carboxylic acids is 2. The van der Waals surface area contributed by atoms with Gasteiger partial charge in [0, 0.05) is 30.4 Å². The van der Waals surface area contributed by atoms with Gasteiger partial charge in [0.1, 0.15) is 17.2 Å². The van der Waals surface area contributed by atoms with Crippen LogP contribution < -0.4 is 25.1 Å². The first-order chi connectivity index (χ1) is 21.4. The lowest BCUT2D eigenvalue weighted by Gasteiger charge is -2.31. The number of nitrogens with one attached hydrogen (secondary N) is 1. The van der Waals surface area contributed by atoms with Gasteiger partial charge in [0.2, 0.25) is 0 Å². The van der Waals surface area contributed by atoms with Gasteiger partial charge in [-0.25, -0.2) is 0 Å². The predicted octanol–water partition coefficient (Wildman–Crippen LogP) is 5.20. The average Bonchev–Trinajstić information content (AvgIpc) is 3.07. The van der Waals surface area contributed by atoms with Gasteiger partial charge < -0.3 is 29.2 Å². The number of carbonyl (C=O) groups is 2. The van der Waals surface area contributed by atoms with E-state index >= 15 is 0 Å². The molecule has 0 bridgehead atoms. The van der Waals surface area contributed by atoms with Crippen LogP contribution >= 0.6 is 0 Å². The second-order valence-corrected chi connectivity index (χ2v) is 10.1. The fourth-order valence-corrected chi connectivity index (χ4v) is 4.97. The first kappa shape index (κ1) is 30.1. The first-order valence-corrected chi connectivity index (χ1v) is 14.3. The molecule has 2 heterocycles. The molecule has 1 fully saturated rings. The smallest absolute Gasteiger partial charge is 0.310 e. The Labute approximate surface area is 254 Å². The molecule has 1 atom stereocenters. The lowest BCUT2D eigenvalue weighted by molar-refractivity contribution is -0.149. The van der Waals surface area contributed by atoms with Crippen LogP contribution in [0.3, 0.4) is 0 Å². The van der Waals surface area contributed by atoms with Crippen molar-refractivity contribution >= 4 is 23.3 Å². The van der Waals surface area contributed by atoms with E-state index in [1.165, 1.54) is 10.9 Å². The third-order valence-electron chi connectivity index (χ3n) is 7.26. The number of rotatable bonds is 10. The Morgan fingerprint density at radius 1 is 0.955 bits per heavy atom. The van der Waals surface area contributed by atoms with Gasteiger partial charge >= 0.3 is 5.97 Å². The highest BCUT2D eigenvalue weighted by Crippen LogP contribution is 2.31. The lowest BCUT2D eigenvalue weighted by Crippen LogP contribution is -2.42. The topological polar surface area (TPSA) is 121 Å². The molecule has 1 aromatic heterocycles. The van der Waals surface area contributed by atoms with Crippen molar-refractivity contribution in [2.45, 2.75) is 19.8 Å². The number of likely N-dealkylation sites (tertiary alicyclic amines) is 1. The van der Waals surface area contributed by atoms with Crippen LogP contribution in [0.25, 0.3) is 5.69 Å². The van der Waals surface area contributed by atoms with E-state index < -0.39 is 5.56 Å². The normalized spacial score (nSPS) is 14.4. The van der Waals surface area contributed by atoms with Gasteiger partial charge in [-0.2, -0.15) is 9.78 Å². The van der Waals surface area contributed by atoms with Crippen molar-refractivity contribution in [3.63, 3.8) is 0 Å². The number of hydrogen-bond acceptors (Lipinski definition) is 9. The standard InChI is InChI=1S/C33H34N4O7/c1-4-43-33(40)23-7-6-18-36(21-23)31(38)22-10-12-24(13-11-22)35-30-29(44-28-9-5-8-27(19-28)42-3)20-34-37(32(30)39)25-14-16-26(41-2)17-15-25/h5,8-17,19-20,23,35H,4,6-7,18,21H2,1-3H3/t23-/m1/s1. The summed E-state index contributed by atoms with van der Waals surface area (Å²) >= 11 is 0. The third kappa shape index (κ3) is 6.83. The van der Waals surface area contributed by atoms with Gasteiger partial charge in [0.05, 0.1) is 38.6 Å². The number of piperidine rings is 1. The van der Waals surface area contributed by atoms with Gasteiger partial charge in [-0.15, -0.1) is 0 Å². The zero-order valence-corrected chi connectivity index (χ0v) is 24.8. The van der Waals surface area contributed by atoms with E-state index in [2.05, 4.69) is 10.4 Å². The second kappa shape index (κ2) is 13.8. The fourth-order valence-electron chi connectivity index (χ4n) is 4.97. The highest BCUT2D eigenvalue weighted by Gasteiger charge is 2.29. The van der Waals surface area contributed by atoms with E-state index in [9.17, 15) is 14.4 Å². The zero-order valence-electron chi connectivity index (χ0n) is 24.8. The predicted molar refractivity (Wildman–Crippen MR) is 164 cm³/mol. The van der Waals surface area contributed by atoms with Gasteiger partial charge in [-0.05, 0) is 80.4 Å². The molecule has 0 radical (unpaired) electrons. The molecule has 0 spiro atoms. The number of ether oxygens (including phenoxy) is 4. The van der Waals surface area contributed by atoms with E-state index in [1.807, 2.05) is 0 Å². The Morgan fingerprint density at radius 2 is 1.68 bits per heavy atom. The maximum absolute atomic E-state index is 13.8. The van der Waals surface area contributed by atoms with E-state index in [-0.39, 0.29) is 29.2 Å². The van der Waals surface area contributed by atoms with Crippen molar-refractivity contribution in [3.8, 4) is 28.7 Å². The number of hydrogen-bond donors (Lipinski definition) is 1. The minimum absolute atomic E-state index is 0.144. The number of amides is 1. The molecule has 0 aliphatic carbocycles. The molecular formula is C33H34N4O7. The minimum Gasteiger partial charge on any atom is -0.497 e. The van der Waals surface area contributed by atoms with E-state index in [1.54, 1.807) is 98.8 Å². The summed E-state index contributed by atoms with van der Waals surface area (Å²) in [5, 5.41) is 7.51. The van der Waals surface area contributed by atoms with Crippen molar-refractivity contribution in [1.82, 2.24) is 14.7 Å². The molecule has 1 N–H and O–H groups in total. The summed E-state index contributed by atoms with van der Waals surface area (Å²) < 4.78 is 23.0. The van der Waals surface area contributed by atoms with Crippen LogP contribution in [-0.4, -0.2) is 60.5 Å². The van der Waals surface area contributed by atoms with Crippen LogP contribution in [0, 0.1) is 5.92 Å². The zero-order chi connectivity index (χ0) is 31.1. The fraction of sp³-hybridized carbons (Fsp3) is 0.273. The number of esters is 1. The van der Waals surface area contributed by atoms with Crippen molar-refractivity contribution in [1.29, 1.82) is 0 Å². The van der Waals surface area contributed by atoms with Crippen LogP contribution in [0.5, 0.6) is 23.0 Å². The number of methoxy groups -OCH3 is 2. The first-order valence-electron chi connectivity index (χ1n) is 14.3. The molecule has 11 heteroatoms. The molecule has 0 saturated carbocycles. The van der Waals surface area contributed by atoms with Crippen LogP contribution in [-0.2, 0) is 9.53 Å². The molecule has 44 heavy (non-hydrogen) atoms. The second-order valence-electron chi connectivity index (χ2n) is 10.1. The Hall–Kier alpha value is -5.32. The maximum atomic E-state index is 13.8. The summed E-state index contributed by atoms with van der Waals surface area (Å²) in [5.41, 5.74) is 1.26.